The lowest BCUT2D eigenvalue weighted by molar-refractivity contribution is -0.129. The molecule has 3 heterocycles. The van der Waals surface area contributed by atoms with Crippen LogP contribution in [-0.4, -0.2) is 86.2 Å². The Morgan fingerprint density at radius 2 is 1.88 bits per heavy atom. The van der Waals surface area contributed by atoms with Crippen LogP contribution >= 0.6 is 22.9 Å². The van der Waals surface area contributed by atoms with Crippen LogP contribution in [0.4, 0.5) is 20.6 Å². The fourth-order valence-corrected chi connectivity index (χ4v) is 6.38. The Labute approximate surface area is 285 Å². The largest absolute Gasteiger partial charge is 0.442 e. The van der Waals surface area contributed by atoms with E-state index >= 15 is 4.39 Å². The van der Waals surface area contributed by atoms with E-state index in [1.165, 1.54) is 29.2 Å². The molecule has 2 atom stereocenters. The van der Waals surface area contributed by atoms with Gasteiger partial charge in [0, 0.05) is 25.2 Å². The van der Waals surface area contributed by atoms with Crippen LogP contribution < -0.4 is 20.9 Å². The molecule has 2 aromatic carbocycles. The molecule has 2 fully saturated rings. The van der Waals surface area contributed by atoms with Crippen LogP contribution in [0.1, 0.15) is 34.5 Å². The van der Waals surface area contributed by atoms with Crippen LogP contribution in [-0.2, 0) is 30.3 Å². The number of benzene rings is 2. The molecular weight excluding hydrogens is 665 g/mol. The van der Waals surface area contributed by atoms with Crippen LogP contribution in [0.2, 0.25) is 4.34 Å². The molecule has 3 N–H and O–H groups in total. The number of unbranched alkanes of at least 4 members (excludes halogenated alkanes) is 1. The summed E-state index contributed by atoms with van der Waals surface area (Å²) in [5, 5.41) is 2.78. The average molecular weight is 700 g/mol. The summed E-state index contributed by atoms with van der Waals surface area (Å²) in [6, 6.07) is 15.8. The number of hydrogen-bond donors (Lipinski definition) is 2. The molecule has 0 unspecified atom stereocenters. The highest BCUT2D eigenvalue weighted by Gasteiger charge is 2.38. The molecule has 5 rings (SSSR count). The molecule has 2 aliphatic heterocycles. The first-order valence-corrected chi connectivity index (χ1v) is 16.6. The molecule has 12 nitrogen and oxygen atoms in total. The number of thiophene rings is 1. The minimum Gasteiger partial charge on any atom is -0.442 e. The maximum atomic E-state index is 15.2. The quantitative estimate of drug-likeness (QED) is 0.256. The first kappa shape index (κ1) is 35.0. The molecule has 0 aliphatic carbocycles. The fourth-order valence-electron chi connectivity index (χ4n) is 5.39. The van der Waals surface area contributed by atoms with Gasteiger partial charge in [-0.2, -0.15) is 0 Å². The SMILES string of the molecule is N[C@@H](Cc1ccccc1)C(=O)NCCCCC(=O)N(C[C@H]1CN(c2ccc(N3CCOCC3=O)cc2F)C(=O)O1)C(=O)c1ccc(Cl)s1. The lowest BCUT2D eigenvalue weighted by Gasteiger charge is -2.27. The summed E-state index contributed by atoms with van der Waals surface area (Å²) in [6.45, 7) is 0.404. The summed E-state index contributed by atoms with van der Waals surface area (Å²) in [5.41, 5.74) is 7.25. The Bertz CT molecular complexity index is 1660. The second-order valence-electron chi connectivity index (χ2n) is 11.3. The third kappa shape index (κ3) is 8.75. The molecule has 5 amide bonds. The average Bonchev–Trinajstić information content (AvgIpc) is 3.68. The second-order valence-corrected chi connectivity index (χ2v) is 13.0. The number of anilines is 2. The number of nitrogens with zero attached hydrogens (tertiary/aromatic N) is 3. The molecule has 2 aliphatic rings. The molecule has 0 spiro atoms. The van der Waals surface area contributed by atoms with E-state index < -0.39 is 35.9 Å². The lowest BCUT2D eigenvalue weighted by Crippen LogP contribution is -2.43. The fraction of sp³-hybridized carbons (Fsp3) is 0.364. The smallest absolute Gasteiger partial charge is 0.414 e. The monoisotopic (exact) mass is 699 g/mol. The van der Waals surface area contributed by atoms with E-state index in [-0.39, 0.29) is 55.0 Å². The molecule has 48 heavy (non-hydrogen) atoms. The number of halogens is 2. The third-order valence-corrected chi connectivity index (χ3v) is 9.08. The predicted octanol–water partition coefficient (Wildman–Crippen LogP) is 3.75. The molecule has 0 bridgehead atoms. The molecular formula is C33H35ClFN5O7S. The van der Waals surface area contributed by atoms with Gasteiger partial charge in [-0.15, -0.1) is 11.3 Å². The minimum atomic E-state index is -0.939. The number of rotatable bonds is 13. The van der Waals surface area contributed by atoms with Gasteiger partial charge in [0.15, 0.2) is 0 Å². The number of amides is 5. The van der Waals surface area contributed by atoms with Crippen molar-refractivity contribution in [1.29, 1.82) is 0 Å². The van der Waals surface area contributed by atoms with Gasteiger partial charge in [-0.3, -0.25) is 29.0 Å². The molecule has 3 aromatic rings. The second kappa shape index (κ2) is 16.2. The van der Waals surface area contributed by atoms with E-state index in [1.54, 1.807) is 6.07 Å². The first-order chi connectivity index (χ1) is 23.1. The number of hydrogen-bond acceptors (Lipinski definition) is 9. The van der Waals surface area contributed by atoms with Crippen molar-refractivity contribution in [2.45, 2.75) is 37.8 Å². The number of carbonyl (C=O) groups is 5. The number of imide groups is 1. The number of ether oxygens (including phenoxy) is 2. The van der Waals surface area contributed by atoms with Crippen molar-refractivity contribution in [2.75, 3.05) is 49.2 Å². The zero-order chi connectivity index (χ0) is 34.2. The summed E-state index contributed by atoms with van der Waals surface area (Å²) < 4.78 is 26.2. The summed E-state index contributed by atoms with van der Waals surface area (Å²) >= 11 is 7.05. The van der Waals surface area contributed by atoms with Crippen LogP contribution in [0.5, 0.6) is 0 Å². The minimum absolute atomic E-state index is 0.0164. The van der Waals surface area contributed by atoms with Gasteiger partial charge in [-0.05, 0) is 55.2 Å². The molecule has 2 saturated heterocycles. The third-order valence-electron chi connectivity index (χ3n) is 7.86. The highest BCUT2D eigenvalue weighted by molar-refractivity contribution is 7.18. The zero-order valence-electron chi connectivity index (χ0n) is 25.9. The van der Waals surface area contributed by atoms with Crippen LogP contribution in [0.3, 0.4) is 0 Å². The zero-order valence-corrected chi connectivity index (χ0v) is 27.5. The van der Waals surface area contributed by atoms with E-state index in [4.69, 9.17) is 26.8 Å². The molecule has 0 saturated carbocycles. The number of morpholine rings is 1. The normalized spacial score (nSPS) is 16.9. The number of carbonyl (C=O) groups excluding carboxylic acids is 5. The van der Waals surface area contributed by atoms with Gasteiger partial charge in [0.05, 0.1) is 40.6 Å². The van der Waals surface area contributed by atoms with Gasteiger partial charge in [0.1, 0.15) is 18.5 Å². The van der Waals surface area contributed by atoms with Gasteiger partial charge in [0.2, 0.25) is 11.8 Å². The maximum absolute atomic E-state index is 15.2. The summed E-state index contributed by atoms with van der Waals surface area (Å²) in [7, 11) is 0. The van der Waals surface area contributed by atoms with Crippen LogP contribution in [0.15, 0.2) is 60.7 Å². The first-order valence-electron chi connectivity index (χ1n) is 15.4. The van der Waals surface area contributed by atoms with Crippen molar-refractivity contribution in [3.8, 4) is 0 Å². The van der Waals surface area contributed by atoms with E-state index in [9.17, 15) is 24.0 Å². The van der Waals surface area contributed by atoms with Crippen molar-refractivity contribution < 1.29 is 37.8 Å². The Morgan fingerprint density at radius 1 is 1.08 bits per heavy atom. The van der Waals surface area contributed by atoms with Crippen LogP contribution in [0, 0.1) is 5.82 Å². The molecule has 0 radical (unpaired) electrons. The van der Waals surface area contributed by atoms with Crippen molar-refractivity contribution in [1.82, 2.24) is 10.2 Å². The van der Waals surface area contributed by atoms with E-state index in [2.05, 4.69) is 5.32 Å². The van der Waals surface area contributed by atoms with E-state index in [0.29, 0.717) is 42.4 Å². The molecule has 15 heteroatoms. The number of nitrogens with one attached hydrogen (secondary N) is 1. The highest BCUT2D eigenvalue weighted by atomic mass is 35.5. The number of nitrogens with two attached hydrogens (primary N) is 1. The summed E-state index contributed by atoms with van der Waals surface area (Å²) in [5.74, 6) is -2.45. The van der Waals surface area contributed by atoms with Gasteiger partial charge < -0.3 is 25.4 Å². The Hall–Kier alpha value is -4.37. The van der Waals surface area contributed by atoms with E-state index in [1.807, 2.05) is 30.3 Å². The molecule has 254 valence electrons. The molecule has 1 aromatic heterocycles. The predicted molar refractivity (Wildman–Crippen MR) is 178 cm³/mol. The number of cyclic esters (lactones) is 1. The topological polar surface area (TPSA) is 152 Å². The van der Waals surface area contributed by atoms with Crippen molar-refractivity contribution in [3.63, 3.8) is 0 Å². The highest BCUT2D eigenvalue weighted by Crippen LogP contribution is 2.30. The maximum Gasteiger partial charge on any atom is 0.414 e. The van der Waals surface area contributed by atoms with Gasteiger partial charge >= 0.3 is 6.09 Å². The van der Waals surface area contributed by atoms with Crippen molar-refractivity contribution >= 4 is 64.0 Å². The standard InChI is InChI=1S/C33H35ClFN5O7S/c34-28-12-11-27(48-28)32(44)40(29(41)8-4-5-13-37-31(43)25(36)16-21-6-2-1-3-7-21)19-23-18-39(33(45)47-23)26-10-9-22(17-24(26)35)38-14-15-46-20-30(38)42/h1-3,6-7,9-12,17,23,25H,4-5,8,13-16,18-20,36H2,(H,37,43)/t23-,25+/m1/s1. The summed E-state index contributed by atoms with van der Waals surface area (Å²) in [6.07, 6.45) is -0.578. The van der Waals surface area contributed by atoms with E-state index in [0.717, 1.165) is 26.7 Å². The van der Waals surface area contributed by atoms with Gasteiger partial charge in [-0.1, -0.05) is 41.9 Å². The van der Waals surface area contributed by atoms with Crippen molar-refractivity contribution in [2.24, 2.45) is 5.73 Å². The van der Waals surface area contributed by atoms with Gasteiger partial charge in [0.25, 0.3) is 11.8 Å². The Morgan fingerprint density at radius 3 is 2.58 bits per heavy atom. The lowest BCUT2D eigenvalue weighted by atomic mass is 10.1. The Kier molecular flexibility index (Phi) is 11.8. The van der Waals surface area contributed by atoms with Gasteiger partial charge in [-0.25, -0.2) is 9.18 Å². The Balaban J connectivity index is 1.17. The summed E-state index contributed by atoms with van der Waals surface area (Å²) in [4.78, 5) is 68.0. The van der Waals surface area contributed by atoms with Crippen LogP contribution in [0.25, 0.3) is 0 Å². The van der Waals surface area contributed by atoms with Crippen molar-refractivity contribution in [3.05, 3.63) is 81.3 Å².